The van der Waals surface area contributed by atoms with E-state index in [9.17, 15) is 13.6 Å². The molecule has 0 saturated heterocycles. The van der Waals surface area contributed by atoms with Crippen LogP contribution in [0.5, 0.6) is 11.5 Å². The molecule has 2 aromatic carbocycles. The van der Waals surface area contributed by atoms with Crippen molar-refractivity contribution in [3.05, 3.63) is 66.1 Å². The van der Waals surface area contributed by atoms with Crippen molar-refractivity contribution in [3.63, 3.8) is 0 Å². The summed E-state index contributed by atoms with van der Waals surface area (Å²) in [6, 6.07) is 9.64. The summed E-state index contributed by atoms with van der Waals surface area (Å²) in [7, 11) is 3.06. The molecule has 3 aromatic rings. The summed E-state index contributed by atoms with van der Waals surface area (Å²) in [5, 5.41) is 5.48. The highest BCUT2D eigenvalue weighted by atomic mass is 19.2. The molecule has 9 heteroatoms. The van der Waals surface area contributed by atoms with E-state index in [0.717, 1.165) is 12.1 Å². The monoisotopic (exact) mass is 386 g/mol. The van der Waals surface area contributed by atoms with E-state index in [1.54, 1.807) is 25.3 Å². The van der Waals surface area contributed by atoms with Gasteiger partial charge in [0.25, 0.3) is 5.91 Å². The van der Waals surface area contributed by atoms with Gasteiger partial charge in [0, 0.05) is 23.9 Å². The summed E-state index contributed by atoms with van der Waals surface area (Å²) in [4.78, 5) is 20.3. The van der Waals surface area contributed by atoms with Gasteiger partial charge in [0.1, 0.15) is 29.3 Å². The minimum absolute atomic E-state index is 0.0368. The third-order valence-corrected chi connectivity index (χ3v) is 3.75. The number of carbonyl (C=O) groups is 1. The lowest BCUT2D eigenvalue weighted by Gasteiger charge is -2.12. The number of hydrogen-bond donors (Lipinski definition) is 2. The molecule has 0 aliphatic rings. The fourth-order valence-electron chi connectivity index (χ4n) is 2.36. The van der Waals surface area contributed by atoms with Crippen LogP contribution in [0.15, 0.2) is 48.8 Å². The van der Waals surface area contributed by atoms with E-state index in [1.807, 2.05) is 0 Å². The molecule has 3 rings (SSSR count). The standard InChI is InChI=1S/C19H16F2N4O3/c1-27-12-4-6-15(17(8-12)28-2)25-18-9-16(22-10-23-18)19(26)24-11-3-5-13(20)14(21)7-11/h3-10H,1-2H3,(H,24,26)(H,22,23,25). The van der Waals surface area contributed by atoms with Crippen molar-refractivity contribution in [3.8, 4) is 11.5 Å². The molecule has 1 aromatic heterocycles. The highest BCUT2D eigenvalue weighted by Gasteiger charge is 2.12. The third kappa shape index (κ3) is 4.32. The lowest BCUT2D eigenvalue weighted by molar-refractivity contribution is 0.102. The minimum Gasteiger partial charge on any atom is -0.497 e. The van der Waals surface area contributed by atoms with Crippen LogP contribution in [-0.2, 0) is 0 Å². The highest BCUT2D eigenvalue weighted by molar-refractivity contribution is 6.03. The van der Waals surface area contributed by atoms with Gasteiger partial charge in [0.05, 0.1) is 19.9 Å². The topological polar surface area (TPSA) is 85.4 Å². The lowest BCUT2D eigenvalue weighted by atomic mass is 10.2. The quantitative estimate of drug-likeness (QED) is 0.671. The molecule has 0 aliphatic carbocycles. The zero-order chi connectivity index (χ0) is 20.1. The Morgan fingerprint density at radius 1 is 0.964 bits per heavy atom. The normalized spacial score (nSPS) is 10.3. The molecule has 0 aliphatic heterocycles. The second-order valence-electron chi connectivity index (χ2n) is 5.56. The number of anilines is 3. The molecular formula is C19H16F2N4O3. The second kappa shape index (κ2) is 8.30. The van der Waals surface area contributed by atoms with Gasteiger partial charge in [-0.1, -0.05) is 0 Å². The first-order chi connectivity index (χ1) is 13.5. The van der Waals surface area contributed by atoms with Crippen molar-refractivity contribution >= 4 is 23.1 Å². The Morgan fingerprint density at radius 2 is 1.79 bits per heavy atom. The van der Waals surface area contributed by atoms with Gasteiger partial charge >= 0.3 is 0 Å². The molecule has 0 radical (unpaired) electrons. The number of benzene rings is 2. The van der Waals surface area contributed by atoms with E-state index in [1.165, 1.54) is 25.6 Å². The summed E-state index contributed by atoms with van der Waals surface area (Å²) < 4.78 is 36.7. The first-order valence-corrected chi connectivity index (χ1v) is 8.07. The summed E-state index contributed by atoms with van der Waals surface area (Å²) >= 11 is 0. The summed E-state index contributed by atoms with van der Waals surface area (Å²) in [5.74, 6) is -1.18. The van der Waals surface area contributed by atoms with Gasteiger partial charge in [-0.15, -0.1) is 0 Å². The van der Waals surface area contributed by atoms with Gasteiger partial charge in [-0.3, -0.25) is 4.79 Å². The van der Waals surface area contributed by atoms with Crippen molar-refractivity contribution in [2.24, 2.45) is 0 Å². The first-order valence-electron chi connectivity index (χ1n) is 8.07. The summed E-state index contributed by atoms with van der Waals surface area (Å²) in [6.07, 6.45) is 1.21. The van der Waals surface area contributed by atoms with E-state index >= 15 is 0 Å². The number of ether oxygens (including phenoxy) is 2. The van der Waals surface area contributed by atoms with Crippen LogP contribution in [0.2, 0.25) is 0 Å². The number of carbonyl (C=O) groups excluding carboxylic acids is 1. The zero-order valence-electron chi connectivity index (χ0n) is 15.0. The molecular weight excluding hydrogens is 370 g/mol. The maximum absolute atomic E-state index is 13.3. The number of nitrogens with zero attached hydrogens (tertiary/aromatic N) is 2. The van der Waals surface area contributed by atoms with Crippen LogP contribution in [0.3, 0.4) is 0 Å². The largest absolute Gasteiger partial charge is 0.497 e. The summed E-state index contributed by atoms with van der Waals surface area (Å²) in [6.45, 7) is 0. The van der Waals surface area contributed by atoms with E-state index < -0.39 is 17.5 Å². The van der Waals surface area contributed by atoms with Crippen molar-refractivity contribution in [1.29, 1.82) is 0 Å². The van der Waals surface area contributed by atoms with Gasteiger partial charge in [-0.25, -0.2) is 18.7 Å². The predicted octanol–water partition coefficient (Wildman–Crippen LogP) is 3.77. The van der Waals surface area contributed by atoms with Crippen molar-refractivity contribution in [2.75, 3.05) is 24.9 Å². The second-order valence-corrected chi connectivity index (χ2v) is 5.56. The molecule has 0 atom stereocenters. The molecule has 1 amide bonds. The van der Waals surface area contributed by atoms with Gasteiger partial charge < -0.3 is 20.1 Å². The Kier molecular flexibility index (Phi) is 5.64. The van der Waals surface area contributed by atoms with Gasteiger partial charge in [-0.2, -0.15) is 0 Å². The smallest absolute Gasteiger partial charge is 0.274 e. The maximum Gasteiger partial charge on any atom is 0.274 e. The molecule has 144 valence electrons. The fraction of sp³-hybridized carbons (Fsp3) is 0.105. The molecule has 0 fully saturated rings. The van der Waals surface area contributed by atoms with E-state index in [0.29, 0.717) is 23.0 Å². The van der Waals surface area contributed by atoms with E-state index in [2.05, 4.69) is 20.6 Å². The Hall–Kier alpha value is -3.75. The van der Waals surface area contributed by atoms with Crippen molar-refractivity contribution in [1.82, 2.24) is 9.97 Å². The first kappa shape index (κ1) is 19.0. The van der Waals surface area contributed by atoms with Crippen LogP contribution in [0.1, 0.15) is 10.5 Å². The van der Waals surface area contributed by atoms with E-state index in [-0.39, 0.29) is 11.4 Å². The van der Waals surface area contributed by atoms with Gasteiger partial charge in [-0.05, 0) is 24.3 Å². The number of nitrogens with one attached hydrogen (secondary N) is 2. The maximum atomic E-state index is 13.3. The van der Waals surface area contributed by atoms with Crippen LogP contribution < -0.4 is 20.1 Å². The number of amides is 1. The molecule has 2 N–H and O–H groups in total. The van der Waals surface area contributed by atoms with Crippen LogP contribution in [-0.4, -0.2) is 30.1 Å². The van der Waals surface area contributed by atoms with Crippen molar-refractivity contribution in [2.45, 2.75) is 0 Å². The Bertz CT molecular complexity index is 1010. The number of halogens is 2. The average molecular weight is 386 g/mol. The minimum atomic E-state index is -1.06. The number of rotatable bonds is 6. The molecule has 0 spiro atoms. The van der Waals surface area contributed by atoms with Gasteiger partial charge in [0.2, 0.25) is 0 Å². The fourth-order valence-corrected chi connectivity index (χ4v) is 2.36. The average Bonchev–Trinajstić information content (AvgIpc) is 2.71. The highest BCUT2D eigenvalue weighted by Crippen LogP contribution is 2.31. The molecule has 1 heterocycles. The van der Waals surface area contributed by atoms with Crippen LogP contribution in [0, 0.1) is 11.6 Å². The van der Waals surface area contributed by atoms with Crippen LogP contribution in [0.25, 0.3) is 0 Å². The molecule has 7 nitrogen and oxygen atoms in total. The SMILES string of the molecule is COc1ccc(Nc2cc(C(=O)Nc3ccc(F)c(F)c3)ncn2)c(OC)c1. The number of methoxy groups -OCH3 is 2. The molecule has 0 bridgehead atoms. The molecule has 0 unspecified atom stereocenters. The Morgan fingerprint density at radius 3 is 2.50 bits per heavy atom. The van der Waals surface area contributed by atoms with Crippen LogP contribution >= 0.6 is 0 Å². The number of aromatic nitrogens is 2. The molecule has 0 saturated carbocycles. The summed E-state index contributed by atoms with van der Waals surface area (Å²) in [5.41, 5.74) is 0.748. The molecule has 28 heavy (non-hydrogen) atoms. The van der Waals surface area contributed by atoms with Crippen molar-refractivity contribution < 1.29 is 23.0 Å². The third-order valence-electron chi connectivity index (χ3n) is 3.75. The Labute approximate surface area is 159 Å². The van der Waals surface area contributed by atoms with E-state index in [4.69, 9.17) is 9.47 Å². The van der Waals surface area contributed by atoms with Gasteiger partial charge in [0.15, 0.2) is 11.6 Å². The van der Waals surface area contributed by atoms with Crippen LogP contribution in [0.4, 0.5) is 26.0 Å². The lowest BCUT2D eigenvalue weighted by Crippen LogP contribution is -2.14. The Balaban J connectivity index is 1.78. The zero-order valence-corrected chi connectivity index (χ0v) is 15.0. The predicted molar refractivity (Wildman–Crippen MR) is 99.2 cm³/mol. The number of hydrogen-bond acceptors (Lipinski definition) is 6.